The van der Waals surface area contributed by atoms with E-state index in [0.29, 0.717) is 0 Å². The standard InChI is InChI=1S/C17H16BrNO/c1-11-10-13(7-8-15(11)18)17(20)14-6-2-4-12-5-3-9-19-16(12)14/h3,5,7-10,14H,2,4,6H2,1H3. The minimum Gasteiger partial charge on any atom is -0.293 e. The van der Waals surface area contributed by atoms with Crippen LogP contribution >= 0.6 is 15.9 Å². The lowest BCUT2D eigenvalue weighted by atomic mass is 9.82. The molecule has 2 aromatic rings. The van der Waals surface area contributed by atoms with Gasteiger partial charge in [-0.3, -0.25) is 9.78 Å². The fourth-order valence-electron chi connectivity index (χ4n) is 2.86. The highest BCUT2D eigenvalue weighted by Gasteiger charge is 2.28. The highest BCUT2D eigenvalue weighted by molar-refractivity contribution is 9.10. The number of hydrogen-bond acceptors (Lipinski definition) is 2. The number of halogens is 1. The number of aryl methyl sites for hydroxylation is 2. The molecule has 1 heterocycles. The van der Waals surface area contributed by atoms with Gasteiger partial charge in [-0.15, -0.1) is 0 Å². The minimum atomic E-state index is -0.0828. The summed E-state index contributed by atoms with van der Waals surface area (Å²) in [6, 6.07) is 9.86. The van der Waals surface area contributed by atoms with Gasteiger partial charge in [0.25, 0.3) is 0 Å². The smallest absolute Gasteiger partial charge is 0.171 e. The average molecular weight is 330 g/mol. The Hall–Kier alpha value is -1.48. The lowest BCUT2D eigenvalue weighted by molar-refractivity contribution is 0.0949. The van der Waals surface area contributed by atoms with E-state index in [4.69, 9.17) is 0 Å². The Morgan fingerprint density at radius 1 is 1.35 bits per heavy atom. The van der Waals surface area contributed by atoms with E-state index in [1.54, 1.807) is 6.20 Å². The molecule has 1 aromatic heterocycles. The molecule has 0 fully saturated rings. The topological polar surface area (TPSA) is 30.0 Å². The molecule has 0 aliphatic heterocycles. The number of aromatic nitrogens is 1. The van der Waals surface area contributed by atoms with Crippen LogP contribution in [0, 0.1) is 6.92 Å². The van der Waals surface area contributed by atoms with Gasteiger partial charge in [-0.1, -0.05) is 28.1 Å². The van der Waals surface area contributed by atoms with E-state index in [0.717, 1.165) is 40.6 Å². The van der Waals surface area contributed by atoms with Crippen molar-refractivity contribution in [2.24, 2.45) is 0 Å². The van der Waals surface area contributed by atoms with Gasteiger partial charge in [0.05, 0.1) is 11.6 Å². The molecule has 102 valence electrons. The largest absolute Gasteiger partial charge is 0.293 e. The third-order valence-electron chi connectivity index (χ3n) is 3.95. The zero-order chi connectivity index (χ0) is 14.1. The van der Waals surface area contributed by atoms with Crippen molar-refractivity contribution in [1.29, 1.82) is 0 Å². The van der Waals surface area contributed by atoms with Gasteiger partial charge in [0.1, 0.15) is 0 Å². The molecule has 3 heteroatoms. The molecule has 2 nitrogen and oxygen atoms in total. The van der Waals surface area contributed by atoms with E-state index in [9.17, 15) is 4.79 Å². The Kier molecular flexibility index (Phi) is 3.70. The van der Waals surface area contributed by atoms with Gasteiger partial charge in [0, 0.05) is 16.2 Å². The molecular weight excluding hydrogens is 314 g/mol. The van der Waals surface area contributed by atoms with Gasteiger partial charge in [0.15, 0.2) is 5.78 Å². The summed E-state index contributed by atoms with van der Waals surface area (Å²) < 4.78 is 1.04. The highest BCUT2D eigenvalue weighted by Crippen LogP contribution is 2.33. The predicted octanol–water partition coefficient (Wildman–Crippen LogP) is 4.46. The summed E-state index contributed by atoms with van der Waals surface area (Å²) in [5, 5.41) is 0. The lowest BCUT2D eigenvalue weighted by Gasteiger charge is -2.23. The molecule has 1 aromatic carbocycles. The second-order valence-electron chi connectivity index (χ2n) is 5.32. The van der Waals surface area contributed by atoms with Crippen molar-refractivity contribution in [3.63, 3.8) is 0 Å². The Morgan fingerprint density at radius 2 is 2.20 bits per heavy atom. The highest BCUT2D eigenvalue weighted by atomic mass is 79.9. The quantitative estimate of drug-likeness (QED) is 0.761. The molecule has 0 saturated carbocycles. The molecule has 0 saturated heterocycles. The van der Waals surface area contributed by atoms with Gasteiger partial charge < -0.3 is 0 Å². The second kappa shape index (κ2) is 5.49. The molecule has 1 aliphatic rings. The number of benzene rings is 1. The van der Waals surface area contributed by atoms with Crippen molar-refractivity contribution in [2.75, 3.05) is 0 Å². The van der Waals surface area contributed by atoms with Gasteiger partial charge in [0.2, 0.25) is 0 Å². The molecule has 3 rings (SSSR count). The van der Waals surface area contributed by atoms with E-state index in [-0.39, 0.29) is 11.7 Å². The van der Waals surface area contributed by atoms with Crippen LogP contribution in [-0.2, 0) is 6.42 Å². The summed E-state index contributed by atoms with van der Waals surface area (Å²) in [5.41, 5.74) is 4.08. The van der Waals surface area contributed by atoms with Crippen molar-refractivity contribution in [3.05, 3.63) is 63.4 Å². The first-order valence-corrected chi connectivity index (χ1v) is 7.70. The normalized spacial score (nSPS) is 17.6. The molecular formula is C17H16BrNO. The number of ketones is 1. The maximum absolute atomic E-state index is 12.8. The van der Waals surface area contributed by atoms with Crippen LogP contribution in [0.1, 0.15) is 45.9 Å². The first-order chi connectivity index (χ1) is 9.66. The number of nitrogens with zero attached hydrogens (tertiary/aromatic N) is 1. The molecule has 0 spiro atoms. The van der Waals surface area contributed by atoms with Gasteiger partial charge >= 0.3 is 0 Å². The molecule has 0 radical (unpaired) electrons. The SMILES string of the molecule is Cc1cc(C(=O)C2CCCc3cccnc32)ccc1Br. The number of pyridine rings is 1. The Labute approximate surface area is 127 Å². The number of carbonyl (C=O) groups is 1. The number of fused-ring (bicyclic) bond motifs is 1. The van der Waals surface area contributed by atoms with Crippen LogP contribution in [0.4, 0.5) is 0 Å². The van der Waals surface area contributed by atoms with Gasteiger partial charge in [-0.2, -0.15) is 0 Å². The fourth-order valence-corrected chi connectivity index (χ4v) is 3.11. The zero-order valence-electron chi connectivity index (χ0n) is 11.4. The van der Waals surface area contributed by atoms with Gasteiger partial charge in [-0.25, -0.2) is 0 Å². The fraction of sp³-hybridized carbons (Fsp3) is 0.294. The van der Waals surface area contributed by atoms with E-state index >= 15 is 0 Å². The van der Waals surface area contributed by atoms with Crippen molar-refractivity contribution in [2.45, 2.75) is 32.1 Å². The predicted molar refractivity (Wildman–Crippen MR) is 83.1 cm³/mol. The minimum absolute atomic E-state index is 0.0828. The number of Topliss-reactive ketones (excluding diaryl/α,β-unsaturated/α-hetero) is 1. The van der Waals surface area contributed by atoms with Crippen LogP contribution in [0.5, 0.6) is 0 Å². The number of carbonyl (C=O) groups excluding carboxylic acids is 1. The average Bonchev–Trinajstić information content (AvgIpc) is 2.49. The third kappa shape index (κ3) is 2.42. The van der Waals surface area contributed by atoms with E-state index in [2.05, 4.69) is 27.0 Å². The maximum Gasteiger partial charge on any atom is 0.171 e. The first-order valence-electron chi connectivity index (χ1n) is 6.91. The summed E-state index contributed by atoms with van der Waals surface area (Å²) >= 11 is 3.48. The molecule has 1 atom stereocenters. The van der Waals surface area contributed by atoms with Crippen molar-refractivity contribution >= 4 is 21.7 Å². The molecule has 0 N–H and O–H groups in total. The van der Waals surface area contributed by atoms with Crippen LogP contribution in [-0.4, -0.2) is 10.8 Å². The van der Waals surface area contributed by atoms with E-state index in [1.807, 2.05) is 31.2 Å². The summed E-state index contributed by atoms with van der Waals surface area (Å²) in [5.74, 6) is 0.112. The van der Waals surface area contributed by atoms with Gasteiger partial charge in [-0.05, 0) is 55.5 Å². The van der Waals surface area contributed by atoms with Crippen LogP contribution in [0.2, 0.25) is 0 Å². The first kappa shape index (κ1) is 13.5. The van der Waals surface area contributed by atoms with Crippen LogP contribution in [0.3, 0.4) is 0 Å². The summed E-state index contributed by atoms with van der Waals surface area (Å²) in [7, 11) is 0. The Bertz CT molecular complexity index is 666. The Morgan fingerprint density at radius 3 is 3.00 bits per heavy atom. The third-order valence-corrected chi connectivity index (χ3v) is 4.84. The summed E-state index contributed by atoms with van der Waals surface area (Å²) in [6.07, 6.45) is 4.78. The van der Waals surface area contributed by atoms with E-state index in [1.165, 1.54) is 5.56 Å². The lowest BCUT2D eigenvalue weighted by Crippen LogP contribution is -2.20. The van der Waals surface area contributed by atoms with E-state index < -0.39 is 0 Å². The summed E-state index contributed by atoms with van der Waals surface area (Å²) in [4.78, 5) is 17.2. The number of hydrogen-bond donors (Lipinski definition) is 0. The molecule has 1 unspecified atom stereocenters. The maximum atomic E-state index is 12.8. The monoisotopic (exact) mass is 329 g/mol. The van der Waals surface area contributed by atoms with Crippen molar-refractivity contribution in [3.8, 4) is 0 Å². The van der Waals surface area contributed by atoms with Crippen LogP contribution in [0.25, 0.3) is 0 Å². The number of rotatable bonds is 2. The van der Waals surface area contributed by atoms with Crippen molar-refractivity contribution < 1.29 is 4.79 Å². The molecule has 1 aliphatic carbocycles. The molecule has 0 amide bonds. The van der Waals surface area contributed by atoms with Crippen LogP contribution in [0.15, 0.2) is 41.0 Å². The van der Waals surface area contributed by atoms with Crippen molar-refractivity contribution in [1.82, 2.24) is 4.98 Å². The summed E-state index contributed by atoms with van der Waals surface area (Å²) in [6.45, 7) is 2.01. The molecule has 0 bridgehead atoms. The Balaban J connectivity index is 1.97. The van der Waals surface area contributed by atoms with Crippen LogP contribution < -0.4 is 0 Å². The second-order valence-corrected chi connectivity index (χ2v) is 6.18. The molecule has 20 heavy (non-hydrogen) atoms. The zero-order valence-corrected chi connectivity index (χ0v) is 13.0.